The number of rotatable bonds is 4. The molecule has 0 aliphatic carbocycles. The third kappa shape index (κ3) is 3.43. The molecule has 152 valence electrons. The minimum absolute atomic E-state index is 0.00718. The second-order valence-corrected chi connectivity index (χ2v) is 7.20. The number of fused-ring (bicyclic) bond motifs is 1. The smallest absolute Gasteiger partial charge is 0.320 e. The van der Waals surface area contributed by atoms with Crippen LogP contribution in [0.3, 0.4) is 0 Å². The molecule has 5 heterocycles. The first-order valence-corrected chi connectivity index (χ1v) is 9.67. The molecule has 2 amide bonds. The molecule has 1 aliphatic rings. The number of aromatic nitrogens is 5. The molecule has 1 aliphatic heterocycles. The fraction of sp³-hybridized carbons (Fsp3) is 0.250. The Bertz CT molecular complexity index is 1190. The molecule has 0 radical (unpaired) electrons. The van der Waals surface area contributed by atoms with E-state index in [1.54, 1.807) is 16.9 Å². The van der Waals surface area contributed by atoms with Gasteiger partial charge in [0.15, 0.2) is 11.5 Å². The summed E-state index contributed by atoms with van der Waals surface area (Å²) in [6, 6.07) is 9.35. The quantitative estimate of drug-likeness (QED) is 0.537. The van der Waals surface area contributed by atoms with Crippen LogP contribution in [-0.2, 0) is 0 Å². The SMILES string of the molecule is Cc1conc1NC(=O)N[C@@H]1CCN(c2ccc3ncc(-c4ccccn4)n3n2)C1. The van der Waals surface area contributed by atoms with Crippen LogP contribution in [0.15, 0.2) is 53.5 Å². The van der Waals surface area contributed by atoms with Gasteiger partial charge in [-0.2, -0.15) is 0 Å². The van der Waals surface area contributed by atoms with Crippen molar-refractivity contribution in [1.82, 2.24) is 30.1 Å². The van der Waals surface area contributed by atoms with Crippen LogP contribution >= 0.6 is 0 Å². The summed E-state index contributed by atoms with van der Waals surface area (Å²) < 4.78 is 6.64. The number of carbonyl (C=O) groups is 1. The Kier molecular flexibility index (Phi) is 4.51. The topological polar surface area (TPSA) is 113 Å². The van der Waals surface area contributed by atoms with E-state index in [-0.39, 0.29) is 12.1 Å². The molecule has 2 N–H and O–H groups in total. The maximum absolute atomic E-state index is 12.2. The van der Waals surface area contributed by atoms with E-state index in [1.807, 2.05) is 37.3 Å². The van der Waals surface area contributed by atoms with Crippen LogP contribution in [0.1, 0.15) is 12.0 Å². The van der Waals surface area contributed by atoms with Crippen LogP contribution in [0.5, 0.6) is 0 Å². The lowest BCUT2D eigenvalue weighted by atomic mass is 10.3. The lowest BCUT2D eigenvalue weighted by molar-refractivity contribution is 0.249. The molecule has 0 unspecified atom stereocenters. The van der Waals surface area contributed by atoms with Gasteiger partial charge in [0, 0.05) is 30.9 Å². The number of anilines is 2. The zero-order chi connectivity index (χ0) is 20.5. The highest BCUT2D eigenvalue weighted by Gasteiger charge is 2.26. The Labute approximate surface area is 171 Å². The molecule has 1 atom stereocenters. The molecule has 10 heteroatoms. The van der Waals surface area contributed by atoms with E-state index in [0.717, 1.165) is 41.4 Å². The highest BCUT2D eigenvalue weighted by molar-refractivity contribution is 5.89. The van der Waals surface area contributed by atoms with Crippen molar-refractivity contribution in [2.24, 2.45) is 0 Å². The zero-order valence-corrected chi connectivity index (χ0v) is 16.3. The maximum atomic E-state index is 12.2. The Hall–Kier alpha value is -3.95. The van der Waals surface area contributed by atoms with E-state index in [2.05, 4.69) is 30.7 Å². The van der Waals surface area contributed by atoms with Crippen molar-refractivity contribution in [3.8, 4) is 11.4 Å². The van der Waals surface area contributed by atoms with Gasteiger partial charge in [0.25, 0.3) is 0 Å². The van der Waals surface area contributed by atoms with Crippen molar-refractivity contribution in [3.63, 3.8) is 0 Å². The Morgan fingerprint density at radius 3 is 2.97 bits per heavy atom. The first-order valence-electron chi connectivity index (χ1n) is 9.67. The summed E-state index contributed by atoms with van der Waals surface area (Å²) in [5.41, 5.74) is 3.19. The van der Waals surface area contributed by atoms with Crippen molar-refractivity contribution in [3.05, 3.63) is 54.6 Å². The molecule has 0 aromatic carbocycles. The fourth-order valence-corrected chi connectivity index (χ4v) is 3.54. The average molecular weight is 404 g/mol. The van der Waals surface area contributed by atoms with Crippen molar-refractivity contribution >= 4 is 23.3 Å². The highest BCUT2D eigenvalue weighted by atomic mass is 16.5. The molecule has 0 bridgehead atoms. The van der Waals surface area contributed by atoms with Gasteiger partial charge in [-0.1, -0.05) is 11.2 Å². The second kappa shape index (κ2) is 7.47. The predicted molar refractivity (Wildman–Crippen MR) is 110 cm³/mol. The first-order chi connectivity index (χ1) is 14.7. The number of hydrogen-bond donors (Lipinski definition) is 2. The minimum Gasteiger partial charge on any atom is -0.362 e. The van der Waals surface area contributed by atoms with Crippen molar-refractivity contribution < 1.29 is 9.32 Å². The number of urea groups is 1. The predicted octanol–water partition coefficient (Wildman–Crippen LogP) is 2.49. The van der Waals surface area contributed by atoms with E-state index >= 15 is 0 Å². The van der Waals surface area contributed by atoms with Crippen LogP contribution in [0, 0.1) is 6.92 Å². The minimum atomic E-state index is -0.297. The number of hydrogen-bond acceptors (Lipinski definition) is 7. The first kappa shape index (κ1) is 18.1. The summed E-state index contributed by atoms with van der Waals surface area (Å²) in [5, 5.41) is 14.2. The van der Waals surface area contributed by atoms with Crippen LogP contribution in [-0.4, -0.2) is 49.9 Å². The number of imidazole rings is 1. The van der Waals surface area contributed by atoms with Crippen molar-refractivity contribution in [2.45, 2.75) is 19.4 Å². The van der Waals surface area contributed by atoms with Gasteiger partial charge in [-0.15, -0.1) is 5.10 Å². The maximum Gasteiger partial charge on any atom is 0.320 e. The Morgan fingerprint density at radius 2 is 2.17 bits per heavy atom. The molecular formula is C20H20N8O2. The van der Waals surface area contributed by atoms with Crippen LogP contribution < -0.4 is 15.5 Å². The summed E-state index contributed by atoms with van der Waals surface area (Å²) in [4.78, 5) is 23.2. The zero-order valence-electron chi connectivity index (χ0n) is 16.3. The third-order valence-corrected chi connectivity index (χ3v) is 5.10. The fourth-order valence-electron chi connectivity index (χ4n) is 3.54. The van der Waals surface area contributed by atoms with Crippen LogP contribution in [0.2, 0.25) is 0 Å². The van der Waals surface area contributed by atoms with Gasteiger partial charge in [0.05, 0.1) is 11.9 Å². The molecule has 5 rings (SSSR count). The molecular weight excluding hydrogens is 384 g/mol. The lowest BCUT2D eigenvalue weighted by Crippen LogP contribution is -2.40. The lowest BCUT2D eigenvalue weighted by Gasteiger charge is -2.18. The van der Waals surface area contributed by atoms with Crippen LogP contribution in [0.25, 0.3) is 17.0 Å². The van der Waals surface area contributed by atoms with Crippen molar-refractivity contribution in [1.29, 1.82) is 0 Å². The van der Waals surface area contributed by atoms with Crippen molar-refractivity contribution in [2.75, 3.05) is 23.3 Å². The Morgan fingerprint density at radius 1 is 1.23 bits per heavy atom. The molecule has 1 saturated heterocycles. The van der Waals surface area contributed by atoms with Gasteiger partial charge in [0.2, 0.25) is 0 Å². The average Bonchev–Trinajstić information content (AvgIpc) is 3.49. The summed E-state index contributed by atoms with van der Waals surface area (Å²) >= 11 is 0. The summed E-state index contributed by atoms with van der Waals surface area (Å²) in [5.74, 6) is 1.26. The third-order valence-electron chi connectivity index (χ3n) is 5.10. The number of nitrogens with zero attached hydrogens (tertiary/aromatic N) is 6. The van der Waals surface area contributed by atoms with E-state index in [9.17, 15) is 4.79 Å². The summed E-state index contributed by atoms with van der Waals surface area (Å²) in [7, 11) is 0. The van der Waals surface area contributed by atoms with Crippen LogP contribution in [0.4, 0.5) is 16.4 Å². The second-order valence-electron chi connectivity index (χ2n) is 7.20. The largest absolute Gasteiger partial charge is 0.362 e. The monoisotopic (exact) mass is 404 g/mol. The molecule has 0 spiro atoms. The number of amides is 2. The molecule has 4 aromatic rings. The molecule has 0 saturated carbocycles. The number of pyridine rings is 1. The van der Waals surface area contributed by atoms with E-state index in [0.29, 0.717) is 12.4 Å². The normalized spacial score (nSPS) is 16.2. The number of nitrogens with one attached hydrogen (secondary N) is 2. The van der Waals surface area contributed by atoms with Gasteiger partial charge in [-0.3, -0.25) is 10.3 Å². The molecule has 30 heavy (non-hydrogen) atoms. The Balaban J connectivity index is 1.29. The number of aryl methyl sites for hydroxylation is 1. The number of carbonyl (C=O) groups excluding carboxylic acids is 1. The summed E-state index contributed by atoms with van der Waals surface area (Å²) in [6.07, 6.45) is 5.84. The van der Waals surface area contributed by atoms with Gasteiger partial charge in [0.1, 0.15) is 17.8 Å². The highest BCUT2D eigenvalue weighted by Crippen LogP contribution is 2.22. The van der Waals surface area contributed by atoms with Gasteiger partial charge >= 0.3 is 6.03 Å². The molecule has 1 fully saturated rings. The standard InChI is InChI=1S/C20H20N8O2/c1-13-12-30-26-19(13)24-20(29)23-14-7-9-27(11-14)18-6-5-17-22-10-16(28(17)25-18)15-4-2-3-8-21-15/h2-6,8,10,12,14H,7,9,11H2,1H3,(H2,23,24,26,29)/t14-/m1/s1. The van der Waals surface area contributed by atoms with E-state index in [4.69, 9.17) is 9.62 Å². The van der Waals surface area contributed by atoms with E-state index < -0.39 is 0 Å². The summed E-state index contributed by atoms with van der Waals surface area (Å²) in [6.45, 7) is 3.28. The van der Waals surface area contributed by atoms with E-state index in [1.165, 1.54) is 6.26 Å². The molecule has 10 nitrogen and oxygen atoms in total. The van der Waals surface area contributed by atoms with Gasteiger partial charge in [-0.25, -0.2) is 14.3 Å². The van der Waals surface area contributed by atoms with Gasteiger partial charge < -0.3 is 14.7 Å². The van der Waals surface area contributed by atoms with Gasteiger partial charge in [-0.05, 0) is 37.6 Å². The molecule has 4 aromatic heterocycles.